The van der Waals surface area contributed by atoms with Crippen molar-refractivity contribution in [3.05, 3.63) is 35.4 Å². The van der Waals surface area contributed by atoms with Gasteiger partial charge in [0.1, 0.15) is 0 Å². The Morgan fingerprint density at radius 2 is 1.89 bits per heavy atom. The second kappa shape index (κ2) is 5.81. The summed E-state index contributed by atoms with van der Waals surface area (Å²) < 4.78 is 5.21. The van der Waals surface area contributed by atoms with Gasteiger partial charge in [-0.25, -0.2) is 4.79 Å². The van der Waals surface area contributed by atoms with Crippen LogP contribution in [0.15, 0.2) is 24.3 Å². The van der Waals surface area contributed by atoms with E-state index in [2.05, 4.69) is 0 Å². The molecule has 1 aromatic rings. The van der Waals surface area contributed by atoms with Gasteiger partial charge in [-0.3, -0.25) is 4.79 Å². The maximum Gasteiger partial charge on any atom is 0.335 e. The van der Waals surface area contributed by atoms with Crippen LogP contribution in [0.25, 0.3) is 0 Å². The van der Waals surface area contributed by atoms with Crippen LogP contribution in [0, 0.1) is 0 Å². The molecular formula is C13H15NO5. The topological polar surface area (TPSA) is 87.1 Å². The van der Waals surface area contributed by atoms with E-state index in [1.807, 2.05) is 0 Å². The normalized spacial score (nSPS) is 19.2. The van der Waals surface area contributed by atoms with E-state index in [0.717, 1.165) is 0 Å². The maximum atomic E-state index is 12.3. The molecule has 1 heterocycles. The lowest BCUT2D eigenvalue weighted by molar-refractivity contribution is -0.0183. The SMILES string of the molecule is O=C(O)c1ccc(C(=O)N2CCOCC2CO)cc1. The third-order valence-corrected chi connectivity index (χ3v) is 3.08. The van der Waals surface area contributed by atoms with Crippen LogP contribution >= 0.6 is 0 Å². The first-order valence-corrected chi connectivity index (χ1v) is 5.96. The number of hydrogen-bond acceptors (Lipinski definition) is 4. The predicted molar refractivity (Wildman–Crippen MR) is 66.1 cm³/mol. The number of benzene rings is 1. The van der Waals surface area contributed by atoms with Gasteiger partial charge < -0.3 is 19.8 Å². The number of aliphatic hydroxyl groups is 1. The molecule has 0 radical (unpaired) electrons. The number of amides is 1. The minimum atomic E-state index is -1.03. The van der Waals surface area contributed by atoms with E-state index in [1.54, 1.807) is 4.90 Å². The fourth-order valence-electron chi connectivity index (χ4n) is 1.99. The molecule has 102 valence electrons. The minimum absolute atomic E-state index is 0.136. The molecule has 1 amide bonds. The Morgan fingerprint density at radius 3 is 2.47 bits per heavy atom. The molecule has 19 heavy (non-hydrogen) atoms. The Labute approximate surface area is 110 Å². The Hall–Kier alpha value is -1.92. The standard InChI is InChI=1S/C13H15NO5/c15-7-11-8-19-6-5-14(11)12(16)9-1-3-10(4-2-9)13(17)18/h1-4,11,15H,5-8H2,(H,17,18). The number of aromatic carboxylic acids is 1. The van der Waals surface area contributed by atoms with Crippen molar-refractivity contribution in [2.24, 2.45) is 0 Å². The highest BCUT2D eigenvalue weighted by atomic mass is 16.5. The number of carbonyl (C=O) groups is 2. The van der Waals surface area contributed by atoms with E-state index < -0.39 is 5.97 Å². The number of carboxylic acid groups (broad SMARTS) is 1. The number of nitrogens with zero attached hydrogens (tertiary/aromatic N) is 1. The van der Waals surface area contributed by atoms with Crippen LogP contribution in [0.4, 0.5) is 0 Å². The van der Waals surface area contributed by atoms with E-state index in [9.17, 15) is 14.7 Å². The van der Waals surface area contributed by atoms with Gasteiger partial charge in [0.25, 0.3) is 5.91 Å². The quantitative estimate of drug-likeness (QED) is 0.816. The fourth-order valence-corrected chi connectivity index (χ4v) is 1.99. The van der Waals surface area contributed by atoms with Gasteiger partial charge in [0.15, 0.2) is 0 Å². The van der Waals surface area contributed by atoms with Crippen LogP contribution in [0.1, 0.15) is 20.7 Å². The number of hydrogen-bond donors (Lipinski definition) is 2. The molecule has 6 nitrogen and oxygen atoms in total. The van der Waals surface area contributed by atoms with Crippen molar-refractivity contribution in [1.29, 1.82) is 0 Å². The van der Waals surface area contributed by atoms with Gasteiger partial charge in [-0.2, -0.15) is 0 Å². The van der Waals surface area contributed by atoms with Gasteiger partial charge in [0.2, 0.25) is 0 Å². The molecule has 1 atom stereocenters. The number of ether oxygens (including phenoxy) is 1. The number of morpholine rings is 1. The van der Waals surface area contributed by atoms with E-state index >= 15 is 0 Å². The predicted octanol–water partition coefficient (Wildman–Crippen LogP) is 0.218. The summed E-state index contributed by atoms with van der Waals surface area (Å²) in [5.41, 5.74) is 0.544. The molecule has 1 saturated heterocycles. The van der Waals surface area contributed by atoms with Crippen LogP contribution in [0.5, 0.6) is 0 Å². The molecule has 1 fully saturated rings. The lowest BCUT2D eigenvalue weighted by atomic mass is 10.1. The molecule has 1 aliphatic rings. The van der Waals surface area contributed by atoms with Crippen molar-refractivity contribution in [3.63, 3.8) is 0 Å². The van der Waals surface area contributed by atoms with Crippen LogP contribution in [0.3, 0.4) is 0 Å². The number of rotatable bonds is 3. The maximum absolute atomic E-state index is 12.3. The van der Waals surface area contributed by atoms with Gasteiger partial charge >= 0.3 is 5.97 Å². The highest BCUT2D eigenvalue weighted by molar-refractivity contribution is 5.96. The zero-order chi connectivity index (χ0) is 13.8. The second-order valence-electron chi connectivity index (χ2n) is 4.29. The van der Waals surface area contributed by atoms with Gasteiger partial charge in [0.05, 0.1) is 31.4 Å². The molecule has 6 heteroatoms. The van der Waals surface area contributed by atoms with Crippen LogP contribution in [-0.2, 0) is 4.74 Å². The van der Waals surface area contributed by atoms with Crippen molar-refractivity contribution in [3.8, 4) is 0 Å². The summed E-state index contributed by atoms with van der Waals surface area (Å²) in [4.78, 5) is 24.6. The highest BCUT2D eigenvalue weighted by Gasteiger charge is 2.27. The monoisotopic (exact) mass is 265 g/mol. The van der Waals surface area contributed by atoms with Gasteiger partial charge in [-0.15, -0.1) is 0 Å². The smallest absolute Gasteiger partial charge is 0.335 e. The number of carbonyl (C=O) groups excluding carboxylic acids is 1. The van der Waals surface area contributed by atoms with E-state index in [4.69, 9.17) is 9.84 Å². The van der Waals surface area contributed by atoms with Gasteiger partial charge in [-0.1, -0.05) is 0 Å². The molecule has 0 bridgehead atoms. The average molecular weight is 265 g/mol. The zero-order valence-corrected chi connectivity index (χ0v) is 10.3. The van der Waals surface area contributed by atoms with Crippen LogP contribution < -0.4 is 0 Å². The summed E-state index contributed by atoms with van der Waals surface area (Å²) in [6.45, 7) is 1.02. The summed E-state index contributed by atoms with van der Waals surface area (Å²) in [6, 6.07) is 5.40. The summed E-state index contributed by atoms with van der Waals surface area (Å²) >= 11 is 0. The number of carboxylic acids is 1. The highest BCUT2D eigenvalue weighted by Crippen LogP contribution is 2.13. The van der Waals surface area contributed by atoms with Gasteiger partial charge in [0, 0.05) is 12.1 Å². The molecule has 0 saturated carbocycles. The summed E-state index contributed by atoms with van der Waals surface area (Å²) in [5, 5.41) is 18.0. The first kappa shape index (κ1) is 13.5. The minimum Gasteiger partial charge on any atom is -0.478 e. The first-order chi connectivity index (χ1) is 9.13. The van der Waals surface area contributed by atoms with Gasteiger partial charge in [-0.05, 0) is 24.3 Å². The molecule has 1 unspecified atom stereocenters. The molecule has 2 N–H and O–H groups in total. The second-order valence-corrected chi connectivity index (χ2v) is 4.29. The largest absolute Gasteiger partial charge is 0.478 e. The average Bonchev–Trinajstić information content (AvgIpc) is 2.46. The van der Waals surface area contributed by atoms with Crippen molar-refractivity contribution in [2.75, 3.05) is 26.4 Å². The van der Waals surface area contributed by atoms with Crippen molar-refractivity contribution in [1.82, 2.24) is 4.90 Å². The van der Waals surface area contributed by atoms with E-state index in [-0.39, 0.29) is 24.1 Å². The van der Waals surface area contributed by atoms with E-state index in [1.165, 1.54) is 24.3 Å². The Balaban J connectivity index is 2.16. The third kappa shape index (κ3) is 2.91. The molecule has 1 aromatic carbocycles. The first-order valence-electron chi connectivity index (χ1n) is 5.96. The Kier molecular flexibility index (Phi) is 4.13. The molecule has 0 aromatic heterocycles. The van der Waals surface area contributed by atoms with Crippen molar-refractivity contribution >= 4 is 11.9 Å². The molecule has 1 aliphatic heterocycles. The Morgan fingerprint density at radius 1 is 1.26 bits per heavy atom. The summed E-state index contributed by atoms with van der Waals surface area (Å²) in [5.74, 6) is -1.25. The third-order valence-electron chi connectivity index (χ3n) is 3.08. The Bertz CT molecular complexity index is 470. The number of aliphatic hydroxyl groups excluding tert-OH is 1. The molecule has 2 rings (SSSR count). The van der Waals surface area contributed by atoms with Crippen molar-refractivity contribution < 1.29 is 24.5 Å². The lowest BCUT2D eigenvalue weighted by Crippen LogP contribution is -2.50. The lowest BCUT2D eigenvalue weighted by Gasteiger charge is -2.34. The fraction of sp³-hybridized carbons (Fsp3) is 0.385. The van der Waals surface area contributed by atoms with Crippen LogP contribution in [0.2, 0.25) is 0 Å². The summed E-state index contributed by atoms with van der Waals surface area (Å²) in [6.07, 6.45) is 0. The van der Waals surface area contributed by atoms with Crippen LogP contribution in [-0.4, -0.2) is 59.4 Å². The van der Waals surface area contributed by atoms with E-state index in [0.29, 0.717) is 25.3 Å². The molecule has 0 aliphatic carbocycles. The van der Waals surface area contributed by atoms with Crippen molar-refractivity contribution in [2.45, 2.75) is 6.04 Å². The molecular weight excluding hydrogens is 250 g/mol. The molecule has 0 spiro atoms. The summed E-state index contributed by atoms with van der Waals surface area (Å²) in [7, 11) is 0. The zero-order valence-electron chi connectivity index (χ0n) is 10.3.